The molecule has 0 saturated heterocycles. The number of alkyl halides is 1. The third-order valence-corrected chi connectivity index (χ3v) is 3.88. The number of nitrogens with zero attached hydrogens (tertiary/aromatic N) is 1. The molecule has 0 aliphatic heterocycles. The van der Waals surface area contributed by atoms with Crippen LogP contribution in [0.3, 0.4) is 0 Å². The van der Waals surface area contributed by atoms with Gasteiger partial charge in [0, 0.05) is 16.8 Å². The Morgan fingerprint density at radius 3 is 2.78 bits per heavy atom. The zero-order valence-corrected chi connectivity index (χ0v) is 12.1. The fourth-order valence-corrected chi connectivity index (χ4v) is 2.55. The van der Waals surface area contributed by atoms with Crippen LogP contribution in [0.15, 0.2) is 41.2 Å². The van der Waals surface area contributed by atoms with Crippen molar-refractivity contribution in [1.29, 1.82) is 0 Å². The largest absolute Gasteiger partial charge is 0.347 e. The van der Waals surface area contributed by atoms with Gasteiger partial charge in [-0.2, -0.15) is 0 Å². The highest BCUT2D eigenvalue weighted by Crippen LogP contribution is 2.07. The van der Waals surface area contributed by atoms with Crippen molar-refractivity contribution in [2.24, 2.45) is 0 Å². The molecule has 94 valence electrons. The van der Waals surface area contributed by atoms with Crippen LogP contribution in [-0.4, -0.2) is 22.3 Å². The number of amides is 1. The molecule has 0 spiro atoms. The maximum absolute atomic E-state index is 11.9. The van der Waals surface area contributed by atoms with Crippen LogP contribution in [0.1, 0.15) is 16.1 Å². The second-order valence-electron chi connectivity index (χ2n) is 3.89. The molecule has 1 amide bonds. The molecule has 0 fully saturated rings. The van der Waals surface area contributed by atoms with Crippen LogP contribution in [0.4, 0.5) is 0 Å². The molecule has 1 N–H and O–H groups in total. The summed E-state index contributed by atoms with van der Waals surface area (Å²) >= 11 is 4.86. The lowest BCUT2D eigenvalue weighted by Gasteiger charge is -2.15. The van der Waals surface area contributed by atoms with Gasteiger partial charge in [0.15, 0.2) is 0 Å². The summed E-state index contributed by atoms with van der Waals surface area (Å²) in [5.41, 5.74) is 3.36. The molecular weight excluding hydrogens is 312 g/mol. The van der Waals surface area contributed by atoms with Gasteiger partial charge < -0.3 is 5.32 Å². The SMILES string of the molecule is O=C(NC(CBr)Cc1ccccc1)c1cscn1. The summed E-state index contributed by atoms with van der Waals surface area (Å²) in [7, 11) is 0. The van der Waals surface area contributed by atoms with Crippen LogP contribution >= 0.6 is 27.3 Å². The molecule has 5 heteroatoms. The normalized spacial score (nSPS) is 12.1. The molecule has 0 saturated carbocycles. The Morgan fingerprint density at radius 1 is 1.39 bits per heavy atom. The van der Waals surface area contributed by atoms with E-state index in [2.05, 4.69) is 38.4 Å². The summed E-state index contributed by atoms with van der Waals surface area (Å²) in [5, 5.41) is 5.45. The summed E-state index contributed by atoms with van der Waals surface area (Å²) < 4.78 is 0. The molecular formula is C13H13BrN2OS. The highest BCUT2D eigenvalue weighted by molar-refractivity contribution is 9.09. The fraction of sp³-hybridized carbons (Fsp3) is 0.231. The molecule has 1 aromatic carbocycles. The summed E-state index contributed by atoms with van der Waals surface area (Å²) in [6.07, 6.45) is 0.808. The van der Waals surface area contributed by atoms with Gasteiger partial charge in [-0.25, -0.2) is 4.98 Å². The van der Waals surface area contributed by atoms with E-state index in [1.165, 1.54) is 16.9 Å². The Balaban J connectivity index is 1.96. The van der Waals surface area contributed by atoms with Crippen LogP contribution in [0.25, 0.3) is 0 Å². The third kappa shape index (κ3) is 3.65. The predicted molar refractivity (Wildman–Crippen MR) is 77.3 cm³/mol. The highest BCUT2D eigenvalue weighted by atomic mass is 79.9. The van der Waals surface area contributed by atoms with Gasteiger partial charge in [-0.05, 0) is 12.0 Å². The van der Waals surface area contributed by atoms with Crippen LogP contribution in [0.2, 0.25) is 0 Å². The van der Waals surface area contributed by atoms with E-state index in [9.17, 15) is 4.79 Å². The van der Waals surface area contributed by atoms with Gasteiger partial charge in [-0.15, -0.1) is 11.3 Å². The topological polar surface area (TPSA) is 42.0 Å². The van der Waals surface area contributed by atoms with Crippen molar-refractivity contribution in [3.05, 3.63) is 52.5 Å². The first-order valence-corrected chi connectivity index (χ1v) is 7.65. The number of rotatable bonds is 5. The van der Waals surface area contributed by atoms with Gasteiger partial charge in [0.25, 0.3) is 5.91 Å². The highest BCUT2D eigenvalue weighted by Gasteiger charge is 2.14. The average Bonchev–Trinajstić information content (AvgIpc) is 2.93. The number of halogens is 1. The van der Waals surface area contributed by atoms with Crippen molar-refractivity contribution in [2.45, 2.75) is 12.5 Å². The van der Waals surface area contributed by atoms with Crippen LogP contribution in [-0.2, 0) is 6.42 Å². The van der Waals surface area contributed by atoms with E-state index in [1.807, 2.05) is 18.2 Å². The first-order chi connectivity index (χ1) is 8.79. The van der Waals surface area contributed by atoms with E-state index >= 15 is 0 Å². The summed E-state index contributed by atoms with van der Waals surface area (Å²) in [4.78, 5) is 15.9. The van der Waals surface area contributed by atoms with Crippen molar-refractivity contribution in [2.75, 3.05) is 5.33 Å². The van der Waals surface area contributed by atoms with Crippen molar-refractivity contribution >= 4 is 33.2 Å². The van der Waals surface area contributed by atoms with Gasteiger partial charge >= 0.3 is 0 Å². The van der Waals surface area contributed by atoms with Crippen molar-refractivity contribution in [3.8, 4) is 0 Å². The lowest BCUT2D eigenvalue weighted by atomic mass is 10.1. The maximum Gasteiger partial charge on any atom is 0.271 e. The second kappa shape index (κ2) is 6.66. The van der Waals surface area contributed by atoms with Crippen molar-refractivity contribution in [1.82, 2.24) is 10.3 Å². The van der Waals surface area contributed by atoms with E-state index in [4.69, 9.17) is 0 Å². The Morgan fingerprint density at radius 2 is 2.17 bits per heavy atom. The Bertz CT molecular complexity index is 487. The lowest BCUT2D eigenvalue weighted by molar-refractivity contribution is 0.0936. The Labute approximate surface area is 118 Å². The number of benzene rings is 1. The summed E-state index contributed by atoms with van der Waals surface area (Å²) in [6, 6.07) is 10.2. The molecule has 0 bridgehead atoms. The van der Waals surface area contributed by atoms with E-state index in [1.54, 1.807) is 10.9 Å². The molecule has 1 aromatic heterocycles. The van der Waals surface area contributed by atoms with Crippen LogP contribution in [0.5, 0.6) is 0 Å². The summed E-state index contributed by atoms with van der Waals surface area (Å²) in [5.74, 6) is -0.114. The lowest BCUT2D eigenvalue weighted by Crippen LogP contribution is -2.37. The zero-order chi connectivity index (χ0) is 12.8. The number of hydrogen-bond acceptors (Lipinski definition) is 3. The minimum atomic E-state index is -0.114. The second-order valence-corrected chi connectivity index (χ2v) is 5.25. The zero-order valence-electron chi connectivity index (χ0n) is 9.67. The fourth-order valence-electron chi connectivity index (χ4n) is 1.63. The maximum atomic E-state index is 11.9. The molecule has 1 heterocycles. The molecule has 0 aliphatic rings. The molecule has 1 atom stereocenters. The monoisotopic (exact) mass is 324 g/mol. The van der Waals surface area contributed by atoms with Crippen LogP contribution < -0.4 is 5.32 Å². The molecule has 2 rings (SSSR count). The number of carbonyl (C=O) groups excluding carboxylic acids is 1. The van der Waals surface area contributed by atoms with Gasteiger partial charge in [0.1, 0.15) is 5.69 Å². The number of thiazole rings is 1. The molecule has 1 unspecified atom stereocenters. The first kappa shape index (κ1) is 13.2. The van der Waals surface area contributed by atoms with E-state index in [0.717, 1.165) is 11.8 Å². The van der Waals surface area contributed by atoms with Gasteiger partial charge in [-0.1, -0.05) is 46.3 Å². The van der Waals surface area contributed by atoms with Crippen LogP contribution in [0, 0.1) is 0 Å². The Hall–Kier alpha value is -1.20. The quantitative estimate of drug-likeness (QED) is 0.859. The third-order valence-electron chi connectivity index (χ3n) is 2.51. The molecule has 0 aliphatic carbocycles. The number of carbonyl (C=O) groups is 1. The minimum absolute atomic E-state index is 0.0709. The number of hydrogen-bond donors (Lipinski definition) is 1. The van der Waals surface area contributed by atoms with Gasteiger partial charge in [-0.3, -0.25) is 4.79 Å². The Kier molecular flexibility index (Phi) is 4.90. The van der Waals surface area contributed by atoms with Crippen molar-refractivity contribution in [3.63, 3.8) is 0 Å². The number of aromatic nitrogens is 1. The molecule has 2 aromatic rings. The standard InChI is InChI=1S/C13H13BrN2OS/c14-7-11(6-10-4-2-1-3-5-10)16-13(17)12-8-18-9-15-12/h1-5,8-9,11H,6-7H2,(H,16,17). The molecule has 18 heavy (non-hydrogen) atoms. The van der Waals surface area contributed by atoms with Crippen molar-refractivity contribution < 1.29 is 4.79 Å². The smallest absolute Gasteiger partial charge is 0.271 e. The van der Waals surface area contributed by atoms with E-state index < -0.39 is 0 Å². The van der Waals surface area contributed by atoms with E-state index in [-0.39, 0.29) is 11.9 Å². The summed E-state index contributed by atoms with van der Waals surface area (Å²) in [6.45, 7) is 0. The average molecular weight is 325 g/mol. The molecule has 0 radical (unpaired) electrons. The minimum Gasteiger partial charge on any atom is -0.347 e. The molecule has 3 nitrogen and oxygen atoms in total. The first-order valence-electron chi connectivity index (χ1n) is 5.58. The van der Waals surface area contributed by atoms with Gasteiger partial charge in [0.05, 0.1) is 5.51 Å². The van der Waals surface area contributed by atoms with E-state index in [0.29, 0.717) is 5.69 Å². The predicted octanol–water partition coefficient (Wildman–Crippen LogP) is 2.88. The number of nitrogens with one attached hydrogen (secondary N) is 1. The van der Waals surface area contributed by atoms with Gasteiger partial charge in [0.2, 0.25) is 0 Å².